The number of benzene rings is 1. The SMILES string of the molecule is CCOc1cc(CNCc2cccnc2)c(Cl)cc1OCC(=O)NC(C)(C)C. The van der Waals surface area contributed by atoms with Gasteiger partial charge in [0, 0.05) is 42.1 Å². The Balaban J connectivity index is 2.02. The molecule has 0 fully saturated rings. The molecule has 2 aromatic rings. The lowest BCUT2D eigenvalue weighted by Crippen LogP contribution is -2.43. The van der Waals surface area contributed by atoms with E-state index in [4.69, 9.17) is 21.1 Å². The number of carbonyl (C=O) groups is 1. The highest BCUT2D eigenvalue weighted by molar-refractivity contribution is 6.31. The van der Waals surface area contributed by atoms with E-state index in [1.807, 2.05) is 52.1 Å². The number of amides is 1. The largest absolute Gasteiger partial charge is 0.490 e. The average molecular weight is 406 g/mol. The van der Waals surface area contributed by atoms with Crippen molar-refractivity contribution in [3.8, 4) is 11.5 Å². The molecule has 2 rings (SSSR count). The van der Waals surface area contributed by atoms with Gasteiger partial charge in [-0.3, -0.25) is 9.78 Å². The lowest BCUT2D eigenvalue weighted by Gasteiger charge is -2.21. The molecule has 152 valence electrons. The molecule has 0 unspecified atom stereocenters. The van der Waals surface area contributed by atoms with Crippen LogP contribution in [0.4, 0.5) is 0 Å². The number of halogens is 1. The molecular weight excluding hydrogens is 378 g/mol. The smallest absolute Gasteiger partial charge is 0.258 e. The van der Waals surface area contributed by atoms with E-state index in [2.05, 4.69) is 15.6 Å². The molecule has 0 bridgehead atoms. The van der Waals surface area contributed by atoms with Gasteiger partial charge in [0.05, 0.1) is 6.61 Å². The van der Waals surface area contributed by atoms with Gasteiger partial charge in [0.2, 0.25) is 0 Å². The second kappa shape index (κ2) is 10.3. The average Bonchev–Trinajstić information content (AvgIpc) is 2.62. The fraction of sp³-hybridized carbons (Fsp3) is 0.429. The van der Waals surface area contributed by atoms with Crippen LogP contribution < -0.4 is 20.1 Å². The molecule has 0 saturated carbocycles. The quantitative estimate of drug-likeness (QED) is 0.665. The van der Waals surface area contributed by atoms with Gasteiger partial charge in [-0.2, -0.15) is 0 Å². The molecule has 6 nitrogen and oxygen atoms in total. The van der Waals surface area contributed by atoms with Crippen LogP contribution in [0.3, 0.4) is 0 Å². The Morgan fingerprint density at radius 1 is 1.18 bits per heavy atom. The van der Waals surface area contributed by atoms with E-state index in [1.54, 1.807) is 12.3 Å². The van der Waals surface area contributed by atoms with Crippen LogP contribution in [0.25, 0.3) is 0 Å². The summed E-state index contributed by atoms with van der Waals surface area (Å²) in [4.78, 5) is 16.1. The van der Waals surface area contributed by atoms with E-state index in [-0.39, 0.29) is 18.1 Å². The zero-order valence-corrected chi connectivity index (χ0v) is 17.6. The van der Waals surface area contributed by atoms with Gasteiger partial charge >= 0.3 is 0 Å². The van der Waals surface area contributed by atoms with E-state index in [1.165, 1.54) is 0 Å². The summed E-state index contributed by atoms with van der Waals surface area (Å²) in [6, 6.07) is 7.45. The maximum absolute atomic E-state index is 12.0. The maximum Gasteiger partial charge on any atom is 0.258 e. The molecule has 1 heterocycles. The fourth-order valence-electron chi connectivity index (χ4n) is 2.54. The molecule has 0 spiro atoms. The van der Waals surface area contributed by atoms with E-state index in [0.717, 1.165) is 11.1 Å². The van der Waals surface area contributed by atoms with Crippen LogP contribution in [0.1, 0.15) is 38.8 Å². The van der Waals surface area contributed by atoms with Gasteiger partial charge in [-0.15, -0.1) is 0 Å². The highest BCUT2D eigenvalue weighted by atomic mass is 35.5. The summed E-state index contributed by atoms with van der Waals surface area (Å²) in [5.74, 6) is 0.814. The van der Waals surface area contributed by atoms with Gasteiger partial charge in [-0.05, 0) is 51.0 Å². The number of nitrogens with zero attached hydrogens (tertiary/aromatic N) is 1. The van der Waals surface area contributed by atoms with Crippen LogP contribution in [0.2, 0.25) is 5.02 Å². The van der Waals surface area contributed by atoms with Crippen LogP contribution in [-0.2, 0) is 17.9 Å². The Morgan fingerprint density at radius 2 is 1.93 bits per heavy atom. The van der Waals surface area contributed by atoms with Gasteiger partial charge in [0.25, 0.3) is 5.91 Å². The summed E-state index contributed by atoms with van der Waals surface area (Å²) in [5, 5.41) is 6.75. The van der Waals surface area contributed by atoms with Crippen molar-refractivity contribution in [1.29, 1.82) is 0 Å². The monoisotopic (exact) mass is 405 g/mol. The molecule has 0 aliphatic rings. The summed E-state index contributed by atoms with van der Waals surface area (Å²) in [7, 11) is 0. The Hall–Kier alpha value is -2.31. The van der Waals surface area contributed by atoms with Crippen LogP contribution in [0, 0.1) is 0 Å². The minimum atomic E-state index is -0.315. The van der Waals surface area contributed by atoms with Gasteiger partial charge in [-0.1, -0.05) is 17.7 Å². The molecule has 0 aliphatic carbocycles. The van der Waals surface area contributed by atoms with Crippen molar-refractivity contribution in [2.45, 2.75) is 46.3 Å². The minimum absolute atomic E-state index is 0.105. The maximum atomic E-state index is 12.0. The van der Waals surface area contributed by atoms with Crippen molar-refractivity contribution in [3.05, 3.63) is 52.8 Å². The lowest BCUT2D eigenvalue weighted by molar-refractivity contribution is -0.124. The molecule has 0 aliphatic heterocycles. The molecule has 0 saturated heterocycles. The number of ether oxygens (including phenoxy) is 2. The van der Waals surface area contributed by atoms with E-state index < -0.39 is 0 Å². The van der Waals surface area contributed by atoms with E-state index in [0.29, 0.717) is 36.2 Å². The molecule has 2 N–H and O–H groups in total. The van der Waals surface area contributed by atoms with E-state index in [9.17, 15) is 4.79 Å². The highest BCUT2D eigenvalue weighted by Crippen LogP contribution is 2.33. The zero-order valence-electron chi connectivity index (χ0n) is 16.8. The zero-order chi connectivity index (χ0) is 20.6. The number of hydrogen-bond donors (Lipinski definition) is 2. The van der Waals surface area contributed by atoms with Crippen molar-refractivity contribution in [1.82, 2.24) is 15.6 Å². The van der Waals surface area contributed by atoms with Crippen molar-refractivity contribution in [2.75, 3.05) is 13.2 Å². The Bertz CT molecular complexity index is 776. The molecule has 0 radical (unpaired) electrons. The summed E-state index contributed by atoms with van der Waals surface area (Å²) in [6.07, 6.45) is 3.56. The first-order valence-electron chi connectivity index (χ1n) is 9.27. The predicted octanol–water partition coefficient (Wildman–Crippen LogP) is 3.72. The first-order valence-corrected chi connectivity index (χ1v) is 9.65. The third-order valence-electron chi connectivity index (χ3n) is 3.65. The number of aromatic nitrogens is 1. The molecule has 1 aromatic heterocycles. The summed E-state index contributed by atoms with van der Waals surface area (Å²) in [5.41, 5.74) is 1.67. The summed E-state index contributed by atoms with van der Waals surface area (Å²) >= 11 is 6.42. The third kappa shape index (κ3) is 7.37. The van der Waals surface area contributed by atoms with Crippen molar-refractivity contribution >= 4 is 17.5 Å². The molecule has 1 aromatic carbocycles. The Labute approximate surface area is 171 Å². The first kappa shape index (κ1) is 22.0. The van der Waals surface area contributed by atoms with Gasteiger partial charge in [-0.25, -0.2) is 0 Å². The van der Waals surface area contributed by atoms with Crippen LogP contribution in [-0.4, -0.2) is 29.6 Å². The number of nitrogens with one attached hydrogen (secondary N) is 2. The molecule has 28 heavy (non-hydrogen) atoms. The fourth-order valence-corrected chi connectivity index (χ4v) is 2.76. The van der Waals surface area contributed by atoms with Crippen molar-refractivity contribution in [3.63, 3.8) is 0 Å². The molecule has 1 amide bonds. The highest BCUT2D eigenvalue weighted by Gasteiger charge is 2.16. The predicted molar refractivity (Wildman–Crippen MR) is 111 cm³/mol. The molecule has 7 heteroatoms. The third-order valence-corrected chi connectivity index (χ3v) is 4.00. The number of hydrogen-bond acceptors (Lipinski definition) is 5. The normalized spacial score (nSPS) is 11.2. The first-order chi connectivity index (χ1) is 13.3. The summed E-state index contributed by atoms with van der Waals surface area (Å²) in [6.45, 7) is 9.27. The Morgan fingerprint density at radius 3 is 2.57 bits per heavy atom. The topological polar surface area (TPSA) is 72.5 Å². The summed E-state index contributed by atoms with van der Waals surface area (Å²) < 4.78 is 11.3. The van der Waals surface area contributed by atoms with Crippen LogP contribution in [0.15, 0.2) is 36.7 Å². The van der Waals surface area contributed by atoms with Gasteiger partial charge in [0.15, 0.2) is 18.1 Å². The van der Waals surface area contributed by atoms with Crippen molar-refractivity contribution < 1.29 is 14.3 Å². The second-order valence-corrected chi connectivity index (χ2v) is 7.78. The number of carbonyl (C=O) groups excluding carboxylic acids is 1. The van der Waals surface area contributed by atoms with Crippen LogP contribution >= 0.6 is 11.6 Å². The minimum Gasteiger partial charge on any atom is -0.490 e. The Kier molecular flexibility index (Phi) is 8.08. The number of rotatable bonds is 9. The second-order valence-electron chi connectivity index (χ2n) is 7.38. The van der Waals surface area contributed by atoms with Gasteiger partial charge < -0.3 is 20.1 Å². The number of pyridine rings is 1. The van der Waals surface area contributed by atoms with E-state index >= 15 is 0 Å². The van der Waals surface area contributed by atoms with Gasteiger partial charge in [0.1, 0.15) is 0 Å². The molecular formula is C21H28ClN3O3. The van der Waals surface area contributed by atoms with Crippen molar-refractivity contribution in [2.24, 2.45) is 0 Å². The molecule has 0 atom stereocenters. The van der Waals surface area contributed by atoms with Crippen LogP contribution in [0.5, 0.6) is 11.5 Å². The lowest BCUT2D eigenvalue weighted by atomic mass is 10.1. The standard InChI is InChI=1S/C21H28ClN3O3/c1-5-27-18-9-16(13-24-12-15-7-6-8-23-11-15)17(22)10-19(18)28-14-20(26)25-21(2,3)4/h6-11,24H,5,12-14H2,1-4H3,(H,25,26).